The monoisotopic (exact) mass is 386 g/mol. The molecule has 0 saturated carbocycles. The maximum Gasteiger partial charge on any atom is 0.214 e. The number of unbranched alkanes of at least 4 members (excludes halogenated alkanes) is 1. The number of anilines is 1. The van der Waals surface area contributed by atoms with E-state index in [9.17, 15) is 4.79 Å². The first-order valence-corrected chi connectivity index (χ1v) is 10.2. The van der Waals surface area contributed by atoms with Crippen molar-refractivity contribution in [1.82, 2.24) is 4.90 Å². The first-order valence-electron chi connectivity index (χ1n) is 9.45. The van der Waals surface area contributed by atoms with Gasteiger partial charge in [-0.1, -0.05) is 19.4 Å². The normalized spacial score (nSPS) is 10.9. The predicted molar refractivity (Wildman–Crippen MR) is 115 cm³/mol. The van der Waals surface area contributed by atoms with Crippen LogP contribution in [-0.2, 0) is 4.79 Å². The highest BCUT2D eigenvalue weighted by Crippen LogP contribution is 2.27. The molecule has 1 amide bonds. The lowest BCUT2D eigenvalue weighted by atomic mass is 10.1. The van der Waals surface area contributed by atoms with E-state index >= 15 is 0 Å². The van der Waals surface area contributed by atoms with E-state index in [4.69, 9.17) is 4.18 Å². The van der Waals surface area contributed by atoms with Gasteiger partial charge in [-0.2, -0.15) is 0 Å². The molecule has 0 aromatic heterocycles. The largest absolute Gasteiger partial charge is 0.421 e. The summed E-state index contributed by atoms with van der Waals surface area (Å²) in [6.45, 7) is 8.93. The Balaban J connectivity index is 1.89. The lowest BCUT2D eigenvalue weighted by Crippen LogP contribution is -2.32. The summed E-state index contributed by atoms with van der Waals surface area (Å²) in [4.78, 5) is 16.5. The number of hydrogen-bond acceptors (Lipinski definition) is 4. The highest BCUT2D eigenvalue weighted by Gasteiger charge is 2.08. The Morgan fingerprint density at radius 1 is 1.00 bits per heavy atom. The van der Waals surface area contributed by atoms with Crippen LogP contribution in [0.25, 0.3) is 0 Å². The lowest BCUT2D eigenvalue weighted by molar-refractivity contribution is -0.107. The minimum absolute atomic E-state index is 0.690. The molecule has 0 aliphatic heterocycles. The lowest BCUT2D eigenvalue weighted by Gasteiger charge is -2.22. The maximum absolute atomic E-state index is 11.5. The second-order valence-electron chi connectivity index (χ2n) is 6.94. The number of benzene rings is 2. The Kier molecular flexibility index (Phi) is 8.69. The van der Waals surface area contributed by atoms with Gasteiger partial charge in [-0.15, -0.1) is 0 Å². The first kappa shape index (κ1) is 21.3. The van der Waals surface area contributed by atoms with Crippen LogP contribution in [0.5, 0.6) is 5.75 Å². The maximum atomic E-state index is 11.5. The number of rotatable bonds is 11. The van der Waals surface area contributed by atoms with Gasteiger partial charge in [-0.3, -0.25) is 4.79 Å². The molecule has 0 atom stereocenters. The zero-order valence-corrected chi connectivity index (χ0v) is 17.6. The Bertz CT molecular complexity index is 699. The number of aryl methyl sites for hydroxylation is 2. The molecule has 0 aliphatic rings. The molecule has 0 bridgehead atoms. The minimum atomic E-state index is 0.690. The summed E-state index contributed by atoms with van der Waals surface area (Å²) in [6, 6.07) is 14.1. The van der Waals surface area contributed by atoms with Crippen LogP contribution in [0, 0.1) is 13.8 Å². The fraction of sp³-hybridized carbons (Fsp3) is 0.409. The second kappa shape index (κ2) is 11.0. The van der Waals surface area contributed by atoms with Gasteiger partial charge >= 0.3 is 0 Å². The molecule has 0 N–H and O–H groups in total. The van der Waals surface area contributed by atoms with Crippen molar-refractivity contribution in [2.75, 3.05) is 31.6 Å². The van der Waals surface area contributed by atoms with E-state index in [0.717, 1.165) is 35.8 Å². The summed E-state index contributed by atoms with van der Waals surface area (Å²) in [5.74, 6) is 0.853. The molecule has 0 heterocycles. The molecule has 2 rings (SSSR count). The van der Waals surface area contributed by atoms with Gasteiger partial charge < -0.3 is 14.0 Å². The molecule has 0 saturated heterocycles. The summed E-state index contributed by atoms with van der Waals surface area (Å²) >= 11 is 1.33. The average molecular weight is 387 g/mol. The van der Waals surface area contributed by atoms with E-state index in [1.807, 2.05) is 36.4 Å². The molecule has 27 heavy (non-hydrogen) atoms. The summed E-state index contributed by atoms with van der Waals surface area (Å²) < 4.78 is 5.82. The fourth-order valence-corrected chi connectivity index (χ4v) is 3.37. The second-order valence-corrected chi connectivity index (χ2v) is 7.74. The highest BCUT2D eigenvalue weighted by molar-refractivity contribution is 7.95. The Hall–Kier alpha value is -1.98. The number of nitrogens with zero attached hydrogens (tertiary/aromatic N) is 2. The Morgan fingerprint density at radius 3 is 2.26 bits per heavy atom. The van der Waals surface area contributed by atoms with Crippen molar-refractivity contribution < 1.29 is 8.98 Å². The van der Waals surface area contributed by atoms with Crippen LogP contribution in [0.4, 0.5) is 5.69 Å². The minimum Gasteiger partial charge on any atom is -0.421 e. The van der Waals surface area contributed by atoms with Crippen LogP contribution < -0.4 is 9.08 Å². The van der Waals surface area contributed by atoms with Crippen molar-refractivity contribution in [1.29, 1.82) is 0 Å². The van der Waals surface area contributed by atoms with Gasteiger partial charge in [-0.05, 0) is 81.4 Å². The van der Waals surface area contributed by atoms with Gasteiger partial charge in [0, 0.05) is 23.7 Å². The molecule has 4 nitrogen and oxygen atoms in total. The van der Waals surface area contributed by atoms with Crippen molar-refractivity contribution in [2.45, 2.75) is 38.5 Å². The number of likely N-dealkylation sites (N-methyl/N-ethyl adjacent to an activating group) is 1. The quantitative estimate of drug-likeness (QED) is 0.398. The molecular formula is C22H30N2O2S. The van der Waals surface area contributed by atoms with Crippen molar-refractivity contribution in [3.05, 3.63) is 53.6 Å². The molecule has 5 heteroatoms. The average Bonchev–Trinajstić information content (AvgIpc) is 2.65. The molecule has 0 unspecified atom stereocenters. The van der Waals surface area contributed by atoms with Gasteiger partial charge in [0.25, 0.3) is 0 Å². The zero-order valence-electron chi connectivity index (χ0n) is 16.8. The number of hydrogen-bond donors (Lipinski definition) is 0. The molecule has 0 fully saturated rings. The van der Waals surface area contributed by atoms with E-state index in [2.05, 4.69) is 38.8 Å². The van der Waals surface area contributed by atoms with Crippen LogP contribution in [0.1, 0.15) is 30.9 Å². The van der Waals surface area contributed by atoms with Gasteiger partial charge in [0.1, 0.15) is 5.75 Å². The number of carbonyl (C=O) groups excluding carboxylic acids is 1. The summed E-state index contributed by atoms with van der Waals surface area (Å²) in [6.07, 6.45) is 3.27. The standard InChI is InChI=1S/C22H30N2O2S/c1-5-6-11-23(4)12-13-24(17-25)20-7-9-22(10-8-20)27-26-21-15-18(2)14-19(3)16-21/h7-10,14-17H,5-6,11-13H2,1-4H3. The third-order valence-corrected chi connectivity index (χ3v) is 5.08. The third-order valence-electron chi connectivity index (χ3n) is 4.34. The zero-order chi connectivity index (χ0) is 19.6. The van der Waals surface area contributed by atoms with Crippen molar-refractivity contribution >= 4 is 24.1 Å². The predicted octanol–water partition coefficient (Wildman–Crippen LogP) is 5.08. The van der Waals surface area contributed by atoms with Gasteiger partial charge in [-0.25, -0.2) is 0 Å². The fourth-order valence-electron chi connectivity index (χ4n) is 2.83. The molecular weight excluding hydrogens is 356 g/mol. The topological polar surface area (TPSA) is 32.8 Å². The van der Waals surface area contributed by atoms with Crippen molar-refractivity contribution in [2.24, 2.45) is 0 Å². The van der Waals surface area contributed by atoms with E-state index in [0.29, 0.717) is 6.54 Å². The molecule has 2 aromatic rings. The van der Waals surface area contributed by atoms with Gasteiger partial charge in [0.05, 0.1) is 12.0 Å². The van der Waals surface area contributed by atoms with E-state index in [-0.39, 0.29) is 0 Å². The van der Waals surface area contributed by atoms with Crippen LogP contribution in [-0.4, -0.2) is 38.0 Å². The molecule has 146 valence electrons. The number of carbonyl (C=O) groups is 1. The van der Waals surface area contributed by atoms with Gasteiger partial charge in [0.2, 0.25) is 6.41 Å². The van der Waals surface area contributed by atoms with Gasteiger partial charge in [0.15, 0.2) is 0 Å². The molecule has 0 spiro atoms. The Morgan fingerprint density at radius 2 is 1.67 bits per heavy atom. The Labute approximate surface area is 167 Å². The van der Waals surface area contributed by atoms with Crippen LogP contribution in [0.3, 0.4) is 0 Å². The van der Waals surface area contributed by atoms with Crippen LogP contribution in [0.15, 0.2) is 47.4 Å². The van der Waals surface area contributed by atoms with Crippen molar-refractivity contribution in [3.63, 3.8) is 0 Å². The number of amides is 1. The molecule has 0 radical (unpaired) electrons. The summed E-state index contributed by atoms with van der Waals surface area (Å²) in [7, 11) is 2.10. The summed E-state index contributed by atoms with van der Waals surface area (Å²) in [5, 5.41) is 0. The highest BCUT2D eigenvalue weighted by atomic mass is 32.2. The third kappa shape index (κ3) is 7.27. The molecule has 0 aliphatic carbocycles. The van der Waals surface area contributed by atoms with Crippen molar-refractivity contribution in [3.8, 4) is 5.75 Å². The van der Waals surface area contributed by atoms with E-state index < -0.39 is 0 Å². The van der Waals surface area contributed by atoms with E-state index in [1.165, 1.54) is 36.0 Å². The first-order chi connectivity index (χ1) is 13.0. The van der Waals surface area contributed by atoms with E-state index in [1.54, 1.807) is 4.90 Å². The smallest absolute Gasteiger partial charge is 0.214 e. The SMILES string of the molecule is CCCCN(C)CCN(C=O)c1ccc(SOc2cc(C)cc(C)c2)cc1. The van der Waals surface area contributed by atoms with Crippen LogP contribution in [0.2, 0.25) is 0 Å². The molecule has 2 aromatic carbocycles. The van der Waals surface area contributed by atoms with Crippen LogP contribution >= 0.6 is 12.0 Å². The summed E-state index contributed by atoms with van der Waals surface area (Å²) in [5.41, 5.74) is 3.28.